The van der Waals surface area contributed by atoms with E-state index >= 15 is 0 Å². The van der Waals surface area contributed by atoms with Crippen LogP contribution in [-0.2, 0) is 11.2 Å². The van der Waals surface area contributed by atoms with Crippen LogP contribution in [0.1, 0.15) is 23.4 Å². The molecule has 1 aromatic heterocycles. The summed E-state index contributed by atoms with van der Waals surface area (Å²) in [4.78, 5) is 8.36. The molecule has 2 unspecified atom stereocenters. The Morgan fingerprint density at radius 1 is 1.11 bits per heavy atom. The van der Waals surface area contributed by atoms with Crippen molar-refractivity contribution in [1.29, 1.82) is 0 Å². The van der Waals surface area contributed by atoms with Crippen LogP contribution in [0.2, 0.25) is 0 Å². The van der Waals surface area contributed by atoms with Gasteiger partial charge in [0.05, 0.1) is 19.3 Å². The van der Waals surface area contributed by atoms with Gasteiger partial charge < -0.3 is 15.4 Å². The molecule has 1 aliphatic heterocycles. The number of aliphatic imine (C=N–C) groups is 1. The van der Waals surface area contributed by atoms with E-state index in [0.29, 0.717) is 12.0 Å². The van der Waals surface area contributed by atoms with Gasteiger partial charge >= 0.3 is 0 Å². The summed E-state index contributed by atoms with van der Waals surface area (Å²) < 4.78 is 5.54. The molecule has 0 aliphatic carbocycles. The maximum Gasteiger partial charge on any atom is 0.191 e. The minimum absolute atomic E-state index is 0.312. The number of nitrogens with zero attached hydrogens (tertiary/aromatic N) is 2. The average Bonchev–Trinajstić information content (AvgIpc) is 3.25. The van der Waals surface area contributed by atoms with Gasteiger partial charge in [0.25, 0.3) is 0 Å². The van der Waals surface area contributed by atoms with Crippen LogP contribution in [0.5, 0.6) is 0 Å². The quantitative estimate of drug-likeness (QED) is 0.528. The molecule has 1 saturated heterocycles. The zero-order valence-corrected chi connectivity index (χ0v) is 17.8. The first-order chi connectivity index (χ1) is 13.8. The lowest BCUT2D eigenvalue weighted by Gasteiger charge is -2.35. The van der Waals surface area contributed by atoms with Crippen molar-refractivity contribution in [3.8, 4) is 0 Å². The predicted molar refractivity (Wildman–Crippen MR) is 118 cm³/mol. The second kappa shape index (κ2) is 11.2. The molecule has 152 valence electrons. The number of ether oxygens (including phenoxy) is 1. The fourth-order valence-corrected chi connectivity index (χ4v) is 4.42. The third-order valence-electron chi connectivity index (χ3n) is 5.10. The van der Waals surface area contributed by atoms with Gasteiger partial charge in [0.15, 0.2) is 5.96 Å². The molecule has 2 N–H and O–H groups in total. The van der Waals surface area contributed by atoms with Gasteiger partial charge in [-0.05, 0) is 29.3 Å². The van der Waals surface area contributed by atoms with Gasteiger partial charge in [-0.25, -0.2) is 0 Å². The summed E-state index contributed by atoms with van der Waals surface area (Å²) in [5.41, 5.74) is 1.33. The molecule has 0 spiro atoms. The van der Waals surface area contributed by atoms with Gasteiger partial charge in [-0.2, -0.15) is 0 Å². The van der Waals surface area contributed by atoms with E-state index < -0.39 is 0 Å². The summed E-state index contributed by atoms with van der Waals surface area (Å²) in [6.45, 7) is 7.54. The Bertz CT molecular complexity index is 699. The smallest absolute Gasteiger partial charge is 0.191 e. The normalized spacial score (nSPS) is 17.9. The molecule has 5 nitrogen and oxygen atoms in total. The molecule has 28 heavy (non-hydrogen) atoms. The van der Waals surface area contributed by atoms with Gasteiger partial charge in [-0.3, -0.25) is 9.89 Å². The minimum atomic E-state index is 0.312. The molecule has 1 aliphatic rings. The largest absolute Gasteiger partial charge is 0.379 e. The van der Waals surface area contributed by atoms with E-state index in [1.807, 2.05) is 18.4 Å². The first-order valence-corrected chi connectivity index (χ1v) is 11.0. The Morgan fingerprint density at radius 2 is 1.86 bits per heavy atom. The van der Waals surface area contributed by atoms with Crippen molar-refractivity contribution in [2.45, 2.75) is 19.4 Å². The van der Waals surface area contributed by atoms with Crippen LogP contribution in [-0.4, -0.2) is 57.3 Å². The van der Waals surface area contributed by atoms with Gasteiger partial charge in [-0.15, -0.1) is 11.3 Å². The zero-order chi connectivity index (χ0) is 19.6. The SMILES string of the molecule is CN=C(NCC(C)Cc1cccs1)NCC(c1ccccc1)N1CCOCC1. The molecule has 6 heteroatoms. The van der Waals surface area contributed by atoms with Crippen molar-refractivity contribution in [3.63, 3.8) is 0 Å². The Kier molecular flexibility index (Phi) is 8.33. The number of morpholine rings is 1. The summed E-state index contributed by atoms with van der Waals surface area (Å²) in [5, 5.41) is 9.17. The van der Waals surface area contributed by atoms with Gasteiger partial charge in [0.2, 0.25) is 0 Å². The van der Waals surface area contributed by atoms with Crippen molar-refractivity contribution in [2.75, 3.05) is 46.4 Å². The summed E-state index contributed by atoms with van der Waals surface area (Å²) in [6.07, 6.45) is 1.10. The van der Waals surface area contributed by atoms with Crippen LogP contribution in [0.15, 0.2) is 52.8 Å². The minimum Gasteiger partial charge on any atom is -0.379 e. The monoisotopic (exact) mass is 400 g/mol. The van der Waals surface area contributed by atoms with Crippen molar-refractivity contribution in [3.05, 3.63) is 58.3 Å². The Labute approximate surface area is 172 Å². The van der Waals surface area contributed by atoms with Crippen LogP contribution in [0.3, 0.4) is 0 Å². The zero-order valence-electron chi connectivity index (χ0n) is 16.9. The molecule has 0 amide bonds. The van der Waals surface area contributed by atoms with Crippen molar-refractivity contribution >= 4 is 17.3 Å². The third-order valence-corrected chi connectivity index (χ3v) is 6.00. The summed E-state index contributed by atoms with van der Waals surface area (Å²) >= 11 is 1.83. The molecular formula is C22H32N4OS. The molecule has 0 radical (unpaired) electrons. The number of nitrogens with one attached hydrogen (secondary N) is 2. The molecule has 2 atom stereocenters. The Morgan fingerprint density at radius 3 is 2.54 bits per heavy atom. The molecule has 0 bridgehead atoms. The second-order valence-corrected chi connectivity index (χ2v) is 8.33. The van der Waals surface area contributed by atoms with E-state index in [2.05, 4.69) is 75.3 Å². The molecule has 3 rings (SSSR count). The maximum atomic E-state index is 5.54. The molecule has 1 fully saturated rings. The number of rotatable bonds is 8. The van der Waals surface area contributed by atoms with Crippen LogP contribution in [0.25, 0.3) is 0 Å². The Balaban J connectivity index is 1.53. The fraction of sp³-hybridized carbons (Fsp3) is 0.500. The van der Waals surface area contributed by atoms with Crippen LogP contribution >= 0.6 is 11.3 Å². The summed E-state index contributed by atoms with van der Waals surface area (Å²) in [5.74, 6) is 1.42. The maximum absolute atomic E-state index is 5.54. The number of benzene rings is 1. The predicted octanol–water partition coefficient (Wildman–Crippen LogP) is 3.17. The number of guanidine groups is 1. The van der Waals surface area contributed by atoms with E-state index in [1.54, 1.807) is 0 Å². The van der Waals surface area contributed by atoms with Gasteiger partial charge in [-0.1, -0.05) is 43.3 Å². The Hall–Kier alpha value is -1.89. The highest BCUT2D eigenvalue weighted by Gasteiger charge is 2.22. The first-order valence-electron chi connectivity index (χ1n) is 10.1. The average molecular weight is 401 g/mol. The first kappa shape index (κ1) is 20.8. The highest BCUT2D eigenvalue weighted by Crippen LogP contribution is 2.21. The summed E-state index contributed by atoms with van der Waals surface area (Å²) in [7, 11) is 1.84. The summed E-state index contributed by atoms with van der Waals surface area (Å²) in [6, 6.07) is 15.4. The van der Waals surface area contributed by atoms with Crippen molar-refractivity contribution in [1.82, 2.24) is 15.5 Å². The van der Waals surface area contributed by atoms with E-state index in [9.17, 15) is 0 Å². The van der Waals surface area contributed by atoms with Gasteiger partial charge in [0.1, 0.15) is 0 Å². The highest BCUT2D eigenvalue weighted by molar-refractivity contribution is 7.09. The lowest BCUT2D eigenvalue weighted by atomic mass is 10.0. The molecule has 0 saturated carbocycles. The van der Waals surface area contributed by atoms with Crippen LogP contribution in [0, 0.1) is 5.92 Å². The van der Waals surface area contributed by atoms with Crippen molar-refractivity contribution in [2.24, 2.45) is 10.9 Å². The van der Waals surface area contributed by atoms with E-state index in [1.165, 1.54) is 10.4 Å². The molecule has 2 heterocycles. The van der Waals surface area contributed by atoms with Crippen molar-refractivity contribution < 1.29 is 4.74 Å². The highest BCUT2D eigenvalue weighted by atomic mass is 32.1. The third kappa shape index (κ3) is 6.33. The lowest BCUT2D eigenvalue weighted by molar-refractivity contribution is 0.0170. The number of hydrogen-bond acceptors (Lipinski definition) is 4. The molecule has 2 aromatic rings. The molecule has 1 aromatic carbocycles. The topological polar surface area (TPSA) is 48.9 Å². The van der Waals surface area contributed by atoms with Crippen LogP contribution < -0.4 is 10.6 Å². The van der Waals surface area contributed by atoms with E-state index in [4.69, 9.17) is 4.74 Å². The van der Waals surface area contributed by atoms with Gasteiger partial charge in [0, 0.05) is 38.1 Å². The van der Waals surface area contributed by atoms with Crippen LogP contribution in [0.4, 0.5) is 0 Å². The standard InChI is InChI=1S/C22H32N4OS/c1-18(15-20-9-6-14-28-20)16-24-22(23-2)25-17-21(19-7-4-3-5-8-19)26-10-12-27-13-11-26/h3-9,14,18,21H,10-13,15-17H2,1-2H3,(H2,23,24,25). The fourth-order valence-electron chi connectivity index (χ4n) is 3.55. The van der Waals surface area contributed by atoms with E-state index in [0.717, 1.165) is 51.8 Å². The van der Waals surface area contributed by atoms with E-state index in [-0.39, 0.29) is 0 Å². The molecular weight excluding hydrogens is 368 g/mol. The second-order valence-electron chi connectivity index (χ2n) is 7.30. The number of hydrogen-bond donors (Lipinski definition) is 2. The lowest BCUT2D eigenvalue weighted by Crippen LogP contribution is -2.46. The number of thiophene rings is 1.